The molecule has 0 bridgehead atoms. The predicted octanol–water partition coefficient (Wildman–Crippen LogP) is 3.48. The monoisotopic (exact) mass is 331 g/mol. The Kier molecular flexibility index (Phi) is 6.01. The van der Waals surface area contributed by atoms with E-state index in [1.165, 1.54) is 37.1 Å². The molecule has 4 heteroatoms. The molecule has 1 saturated carbocycles. The second-order valence-corrected chi connectivity index (χ2v) is 7.81. The van der Waals surface area contributed by atoms with Gasteiger partial charge in [-0.1, -0.05) is 13.8 Å². The zero-order valence-corrected chi connectivity index (χ0v) is 15.2. The van der Waals surface area contributed by atoms with Crippen LogP contribution in [0.5, 0.6) is 0 Å². The van der Waals surface area contributed by atoms with E-state index in [-0.39, 0.29) is 0 Å². The standard InChI is InChI=1S/C20H33N3O/c1-15(2)20-14-23(11-12-24-20)19-9-7-18(8-10-19)22-13-16-3-5-17(21)6-4-16/h7-10,15-17,20,22H,3-6,11-14,21H2,1-2H3/t16-,17-,20-/m0/s1. The van der Waals surface area contributed by atoms with Crippen molar-refractivity contribution in [3.05, 3.63) is 24.3 Å². The van der Waals surface area contributed by atoms with Crippen LogP contribution in [-0.4, -0.2) is 38.4 Å². The normalized spacial score (nSPS) is 28.2. The average Bonchev–Trinajstić information content (AvgIpc) is 2.62. The summed E-state index contributed by atoms with van der Waals surface area (Å²) >= 11 is 0. The average molecular weight is 332 g/mol. The molecule has 1 aliphatic heterocycles. The number of benzene rings is 1. The smallest absolute Gasteiger partial charge is 0.0773 e. The molecule has 3 rings (SSSR count). The summed E-state index contributed by atoms with van der Waals surface area (Å²) in [6.45, 7) is 8.34. The molecule has 1 aliphatic carbocycles. The van der Waals surface area contributed by atoms with E-state index >= 15 is 0 Å². The Bertz CT molecular complexity index is 494. The van der Waals surface area contributed by atoms with E-state index in [2.05, 4.69) is 48.3 Å². The molecule has 0 unspecified atom stereocenters. The van der Waals surface area contributed by atoms with Crippen LogP contribution in [0.4, 0.5) is 11.4 Å². The molecule has 24 heavy (non-hydrogen) atoms. The van der Waals surface area contributed by atoms with E-state index in [9.17, 15) is 0 Å². The summed E-state index contributed by atoms with van der Waals surface area (Å²) in [6, 6.07) is 9.33. The number of hydrogen-bond acceptors (Lipinski definition) is 4. The van der Waals surface area contributed by atoms with Crippen LogP contribution in [0.3, 0.4) is 0 Å². The topological polar surface area (TPSA) is 50.5 Å². The lowest BCUT2D eigenvalue weighted by Gasteiger charge is -2.36. The quantitative estimate of drug-likeness (QED) is 0.867. The van der Waals surface area contributed by atoms with Gasteiger partial charge in [0.1, 0.15) is 0 Å². The first-order chi connectivity index (χ1) is 11.6. The summed E-state index contributed by atoms with van der Waals surface area (Å²) in [7, 11) is 0. The Labute approximate surface area is 146 Å². The number of morpholine rings is 1. The predicted molar refractivity (Wildman–Crippen MR) is 102 cm³/mol. The second-order valence-electron chi connectivity index (χ2n) is 7.81. The van der Waals surface area contributed by atoms with Crippen molar-refractivity contribution in [1.29, 1.82) is 0 Å². The molecule has 1 heterocycles. The minimum absolute atomic E-state index is 0.342. The summed E-state index contributed by atoms with van der Waals surface area (Å²) in [6.07, 6.45) is 5.22. The highest BCUT2D eigenvalue weighted by atomic mass is 16.5. The minimum atomic E-state index is 0.342. The summed E-state index contributed by atoms with van der Waals surface area (Å²) in [5.41, 5.74) is 8.51. The molecule has 1 atom stereocenters. The fourth-order valence-corrected chi connectivity index (χ4v) is 3.76. The van der Waals surface area contributed by atoms with E-state index in [0.29, 0.717) is 18.1 Å². The highest BCUT2D eigenvalue weighted by Gasteiger charge is 2.23. The van der Waals surface area contributed by atoms with E-state index in [1.807, 2.05) is 0 Å². The Morgan fingerprint density at radius 3 is 2.54 bits per heavy atom. The third-order valence-corrected chi connectivity index (χ3v) is 5.56. The van der Waals surface area contributed by atoms with Gasteiger partial charge in [0.15, 0.2) is 0 Å². The van der Waals surface area contributed by atoms with Crippen molar-refractivity contribution >= 4 is 11.4 Å². The van der Waals surface area contributed by atoms with E-state index in [4.69, 9.17) is 10.5 Å². The molecule has 3 N–H and O–H groups in total. The minimum Gasteiger partial charge on any atom is -0.385 e. The maximum atomic E-state index is 5.99. The van der Waals surface area contributed by atoms with Crippen molar-refractivity contribution < 1.29 is 4.74 Å². The molecular formula is C20H33N3O. The van der Waals surface area contributed by atoms with Gasteiger partial charge < -0.3 is 20.7 Å². The zero-order chi connectivity index (χ0) is 16.9. The molecule has 0 aromatic heterocycles. The van der Waals surface area contributed by atoms with Crippen molar-refractivity contribution in [2.45, 2.75) is 51.7 Å². The fraction of sp³-hybridized carbons (Fsp3) is 0.700. The van der Waals surface area contributed by atoms with Crippen LogP contribution >= 0.6 is 0 Å². The van der Waals surface area contributed by atoms with Gasteiger partial charge in [0, 0.05) is 37.1 Å². The van der Waals surface area contributed by atoms with Crippen LogP contribution < -0.4 is 16.0 Å². The van der Waals surface area contributed by atoms with Gasteiger partial charge in [0.05, 0.1) is 12.7 Å². The number of hydrogen-bond donors (Lipinski definition) is 2. The number of nitrogens with zero attached hydrogens (tertiary/aromatic N) is 1. The maximum Gasteiger partial charge on any atom is 0.0773 e. The van der Waals surface area contributed by atoms with Crippen LogP contribution in [0, 0.1) is 11.8 Å². The van der Waals surface area contributed by atoms with Crippen LogP contribution in [0.2, 0.25) is 0 Å². The van der Waals surface area contributed by atoms with Gasteiger partial charge in [-0.3, -0.25) is 0 Å². The van der Waals surface area contributed by atoms with E-state index in [1.54, 1.807) is 0 Å². The summed E-state index contributed by atoms with van der Waals surface area (Å²) in [5.74, 6) is 1.34. The number of nitrogens with two attached hydrogens (primary N) is 1. The third kappa shape index (κ3) is 4.64. The molecule has 2 fully saturated rings. The first-order valence-electron chi connectivity index (χ1n) is 9.58. The molecule has 1 aromatic carbocycles. The first-order valence-corrected chi connectivity index (χ1v) is 9.58. The Balaban J connectivity index is 1.50. The van der Waals surface area contributed by atoms with Gasteiger partial charge in [0.2, 0.25) is 0 Å². The first kappa shape index (κ1) is 17.6. The van der Waals surface area contributed by atoms with Crippen molar-refractivity contribution in [1.82, 2.24) is 0 Å². The SMILES string of the molecule is CC(C)[C@@H]1CN(c2ccc(NC[C@H]3CC[C@H](N)CC3)cc2)CCO1. The van der Waals surface area contributed by atoms with Crippen LogP contribution in [0.25, 0.3) is 0 Å². The lowest BCUT2D eigenvalue weighted by atomic mass is 9.86. The van der Waals surface area contributed by atoms with Crippen molar-refractivity contribution in [3.63, 3.8) is 0 Å². The molecule has 1 aromatic rings. The number of rotatable bonds is 5. The number of anilines is 2. The van der Waals surface area contributed by atoms with Crippen LogP contribution in [-0.2, 0) is 4.74 Å². The number of nitrogens with one attached hydrogen (secondary N) is 1. The van der Waals surface area contributed by atoms with Gasteiger partial charge in [-0.05, 0) is 61.8 Å². The van der Waals surface area contributed by atoms with E-state index in [0.717, 1.165) is 32.2 Å². The van der Waals surface area contributed by atoms with Gasteiger partial charge in [-0.2, -0.15) is 0 Å². The molecule has 2 aliphatic rings. The largest absolute Gasteiger partial charge is 0.385 e. The fourth-order valence-electron chi connectivity index (χ4n) is 3.76. The molecule has 1 saturated heterocycles. The highest BCUT2D eigenvalue weighted by molar-refractivity contribution is 5.55. The molecule has 0 spiro atoms. The van der Waals surface area contributed by atoms with Gasteiger partial charge >= 0.3 is 0 Å². The lowest BCUT2D eigenvalue weighted by molar-refractivity contribution is 0.0114. The Hall–Kier alpha value is -1.26. The van der Waals surface area contributed by atoms with Crippen molar-refractivity contribution in [3.8, 4) is 0 Å². The third-order valence-electron chi connectivity index (χ3n) is 5.56. The summed E-state index contributed by atoms with van der Waals surface area (Å²) in [4.78, 5) is 2.44. The zero-order valence-electron chi connectivity index (χ0n) is 15.2. The molecule has 134 valence electrons. The van der Waals surface area contributed by atoms with Crippen LogP contribution in [0.15, 0.2) is 24.3 Å². The second kappa shape index (κ2) is 8.21. The molecular weight excluding hydrogens is 298 g/mol. The Morgan fingerprint density at radius 1 is 1.17 bits per heavy atom. The van der Waals surface area contributed by atoms with Gasteiger partial charge in [0.25, 0.3) is 0 Å². The molecule has 0 amide bonds. The summed E-state index contributed by atoms with van der Waals surface area (Å²) in [5, 5.41) is 3.60. The molecule has 0 radical (unpaired) electrons. The Morgan fingerprint density at radius 2 is 1.88 bits per heavy atom. The summed E-state index contributed by atoms with van der Waals surface area (Å²) < 4.78 is 5.87. The van der Waals surface area contributed by atoms with Crippen molar-refractivity contribution in [2.24, 2.45) is 17.6 Å². The molecule has 4 nitrogen and oxygen atoms in total. The van der Waals surface area contributed by atoms with E-state index < -0.39 is 0 Å². The lowest BCUT2D eigenvalue weighted by Crippen LogP contribution is -2.44. The van der Waals surface area contributed by atoms with Gasteiger partial charge in [-0.15, -0.1) is 0 Å². The maximum absolute atomic E-state index is 5.99. The van der Waals surface area contributed by atoms with Gasteiger partial charge in [-0.25, -0.2) is 0 Å². The highest BCUT2D eigenvalue weighted by Crippen LogP contribution is 2.25. The van der Waals surface area contributed by atoms with Crippen molar-refractivity contribution in [2.75, 3.05) is 36.5 Å². The number of ether oxygens (including phenoxy) is 1. The van der Waals surface area contributed by atoms with Crippen LogP contribution in [0.1, 0.15) is 39.5 Å².